The molecule has 32 heavy (non-hydrogen) atoms. The number of carbonyl (C=O) groups excluding carboxylic acids is 2. The third-order valence-corrected chi connectivity index (χ3v) is 6.24. The van der Waals surface area contributed by atoms with Crippen LogP contribution >= 0.6 is 0 Å². The van der Waals surface area contributed by atoms with Crippen molar-refractivity contribution in [1.82, 2.24) is 5.16 Å². The van der Waals surface area contributed by atoms with E-state index in [9.17, 15) is 18.0 Å². The lowest BCUT2D eigenvalue weighted by Gasteiger charge is -2.13. The molecule has 0 aliphatic carbocycles. The fraction of sp³-hybridized carbons (Fsp3) is 0.227. The SMILES string of the molecule is CCc1noc(NC(C)=O)c1-c1ccc(C)c(S(=O)(=O)Nc2ccc(C(=O)OC)cc2)c1. The minimum absolute atomic E-state index is 0.0593. The van der Waals surface area contributed by atoms with Crippen molar-refractivity contribution in [3.63, 3.8) is 0 Å². The first-order chi connectivity index (χ1) is 15.2. The molecule has 0 saturated heterocycles. The lowest BCUT2D eigenvalue weighted by molar-refractivity contribution is -0.114. The number of nitrogens with one attached hydrogen (secondary N) is 2. The van der Waals surface area contributed by atoms with E-state index in [1.165, 1.54) is 44.4 Å². The van der Waals surface area contributed by atoms with Gasteiger partial charge >= 0.3 is 5.97 Å². The molecule has 9 nitrogen and oxygen atoms in total. The molecule has 0 radical (unpaired) electrons. The van der Waals surface area contributed by atoms with Crippen molar-refractivity contribution in [2.24, 2.45) is 0 Å². The van der Waals surface area contributed by atoms with Gasteiger partial charge in [-0.3, -0.25) is 14.8 Å². The van der Waals surface area contributed by atoms with Crippen molar-refractivity contribution >= 4 is 33.5 Å². The highest BCUT2D eigenvalue weighted by Gasteiger charge is 2.23. The topological polar surface area (TPSA) is 128 Å². The van der Waals surface area contributed by atoms with Crippen LogP contribution in [0.1, 0.15) is 35.5 Å². The summed E-state index contributed by atoms with van der Waals surface area (Å²) in [7, 11) is -2.69. The summed E-state index contributed by atoms with van der Waals surface area (Å²) in [6, 6.07) is 10.8. The van der Waals surface area contributed by atoms with Crippen molar-refractivity contribution in [3.05, 3.63) is 59.3 Å². The molecule has 0 saturated carbocycles. The van der Waals surface area contributed by atoms with Crippen LogP contribution in [0.15, 0.2) is 51.9 Å². The second kappa shape index (κ2) is 9.23. The summed E-state index contributed by atoms with van der Waals surface area (Å²) in [5.41, 5.74) is 2.79. The van der Waals surface area contributed by atoms with Gasteiger partial charge in [-0.05, 0) is 54.8 Å². The van der Waals surface area contributed by atoms with E-state index in [-0.39, 0.29) is 16.7 Å². The van der Waals surface area contributed by atoms with E-state index in [0.29, 0.717) is 40.1 Å². The van der Waals surface area contributed by atoms with Gasteiger partial charge in [0.2, 0.25) is 11.8 Å². The van der Waals surface area contributed by atoms with Gasteiger partial charge in [-0.1, -0.05) is 24.2 Å². The molecule has 0 unspecified atom stereocenters. The Morgan fingerprint density at radius 2 is 1.81 bits per heavy atom. The quantitative estimate of drug-likeness (QED) is 0.517. The number of benzene rings is 2. The lowest BCUT2D eigenvalue weighted by atomic mass is 10.0. The Labute approximate surface area is 185 Å². The maximum atomic E-state index is 13.1. The zero-order chi connectivity index (χ0) is 23.5. The maximum Gasteiger partial charge on any atom is 0.337 e. The van der Waals surface area contributed by atoms with Gasteiger partial charge in [0.25, 0.3) is 10.0 Å². The first kappa shape index (κ1) is 23.0. The van der Waals surface area contributed by atoms with E-state index in [1.807, 2.05) is 6.92 Å². The van der Waals surface area contributed by atoms with Crippen LogP contribution in [0.3, 0.4) is 0 Å². The predicted octanol–water partition coefficient (Wildman–Crippen LogP) is 3.76. The van der Waals surface area contributed by atoms with Gasteiger partial charge in [0.05, 0.1) is 28.8 Å². The Morgan fingerprint density at radius 1 is 1.12 bits per heavy atom. The summed E-state index contributed by atoms with van der Waals surface area (Å²) in [5.74, 6) is -0.687. The van der Waals surface area contributed by atoms with Crippen LogP contribution in [0.25, 0.3) is 11.1 Å². The number of ether oxygens (including phenoxy) is 1. The van der Waals surface area contributed by atoms with Gasteiger partial charge in [-0.15, -0.1) is 0 Å². The lowest BCUT2D eigenvalue weighted by Crippen LogP contribution is -2.14. The zero-order valence-electron chi connectivity index (χ0n) is 18.1. The van der Waals surface area contributed by atoms with Crippen LogP contribution in [0.5, 0.6) is 0 Å². The standard InChI is InChI=1S/C22H23N3O6S/c1-5-18-20(21(31-24-18)23-14(3)26)16-7-6-13(2)19(12-16)32(28,29)25-17-10-8-15(9-11-17)22(27)30-4/h6-12,25H,5H2,1-4H3,(H,23,26). The Morgan fingerprint density at radius 3 is 2.41 bits per heavy atom. The fourth-order valence-corrected chi connectivity index (χ4v) is 4.49. The van der Waals surface area contributed by atoms with E-state index < -0.39 is 16.0 Å². The monoisotopic (exact) mass is 457 g/mol. The molecular weight excluding hydrogens is 434 g/mol. The number of sulfonamides is 1. The number of amides is 1. The number of carbonyl (C=O) groups is 2. The number of methoxy groups -OCH3 is 1. The number of rotatable bonds is 7. The summed E-state index contributed by atoms with van der Waals surface area (Å²) < 4.78 is 38.7. The molecule has 0 bridgehead atoms. The zero-order valence-corrected chi connectivity index (χ0v) is 18.9. The summed E-state index contributed by atoms with van der Waals surface area (Å²) in [6.45, 7) is 4.91. The molecule has 0 spiro atoms. The molecule has 2 N–H and O–H groups in total. The molecule has 3 aromatic rings. The van der Waals surface area contributed by atoms with Gasteiger partial charge in [-0.25, -0.2) is 13.2 Å². The molecule has 3 rings (SSSR count). The second-order valence-electron chi connectivity index (χ2n) is 7.02. The Bertz CT molecular complexity index is 1260. The van der Waals surface area contributed by atoms with Crippen LogP contribution in [0, 0.1) is 6.92 Å². The molecule has 0 fully saturated rings. The molecule has 0 atom stereocenters. The van der Waals surface area contributed by atoms with E-state index in [2.05, 4.69) is 19.9 Å². The number of hydrogen-bond acceptors (Lipinski definition) is 7. The molecular formula is C22H23N3O6S. The third kappa shape index (κ3) is 4.80. The maximum absolute atomic E-state index is 13.1. The number of aromatic nitrogens is 1. The number of aryl methyl sites for hydroxylation is 2. The van der Waals surface area contributed by atoms with Crippen LogP contribution < -0.4 is 10.0 Å². The first-order valence-corrected chi connectivity index (χ1v) is 11.2. The van der Waals surface area contributed by atoms with Crippen LogP contribution in [-0.2, 0) is 26.0 Å². The molecule has 1 aromatic heterocycles. The number of hydrogen-bond donors (Lipinski definition) is 2. The van der Waals surface area contributed by atoms with Gasteiger partial charge in [-0.2, -0.15) is 0 Å². The van der Waals surface area contributed by atoms with Crippen molar-refractivity contribution in [2.45, 2.75) is 32.1 Å². The smallest absolute Gasteiger partial charge is 0.337 e. The average Bonchev–Trinajstić information content (AvgIpc) is 3.15. The number of esters is 1. The summed E-state index contributed by atoms with van der Waals surface area (Å²) in [4.78, 5) is 23.2. The number of anilines is 2. The van der Waals surface area contributed by atoms with Crippen LogP contribution in [0.4, 0.5) is 11.6 Å². The third-order valence-electron chi connectivity index (χ3n) is 4.71. The van der Waals surface area contributed by atoms with Crippen molar-refractivity contribution in [3.8, 4) is 11.1 Å². The summed E-state index contributed by atoms with van der Waals surface area (Å²) in [6.07, 6.45) is 0.527. The molecule has 2 aromatic carbocycles. The summed E-state index contributed by atoms with van der Waals surface area (Å²) in [5, 5.41) is 6.57. The largest absolute Gasteiger partial charge is 0.465 e. The predicted molar refractivity (Wildman–Crippen MR) is 119 cm³/mol. The first-order valence-electron chi connectivity index (χ1n) is 9.74. The Kier molecular flexibility index (Phi) is 6.64. The van der Waals surface area contributed by atoms with Crippen LogP contribution in [-0.4, -0.2) is 32.6 Å². The highest BCUT2D eigenvalue weighted by Crippen LogP contribution is 2.34. The van der Waals surface area contributed by atoms with E-state index in [0.717, 1.165) is 0 Å². The van der Waals surface area contributed by atoms with E-state index in [4.69, 9.17) is 4.52 Å². The molecule has 1 amide bonds. The van der Waals surface area contributed by atoms with Gasteiger partial charge in [0.1, 0.15) is 0 Å². The molecule has 10 heteroatoms. The minimum atomic E-state index is -3.96. The highest BCUT2D eigenvalue weighted by molar-refractivity contribution is 7.92. The normalized spacial score (nSPS) is 11.1. The Hall–Kier alpha value is -3.66. The van der Waals surface area contributed by atoms with E-state index in [1.54, 1.807) is 19.1 Å². The highest BCUT2D eigenvalue weighted by atomic mass is 32.2. The molecule has 1 heterocycles. The average molecular weight is 458 g/mol. The van der Waals surface area contributed by atoms with Gasteiger partial charge < -0.3 is 9.26 Å². The molecule has 0 aliphatic rings. The summed E-state index contributed by atoms with van der Waals surface area (Å²) >= 11 is 0. The molecule has 168 valence electrons. The molecule has 0 aliphatic heterocycles. The van der Waals surface area contributed by atoms with Gasteiger partial charge in [0.15, 0.2) is 0 Å². The second-order valence-corrected chi connectivity index (χ2v) is 8.67. The fourth-order valence-electron chi connectivity index (χ4n) is 3.15. The van der Waals surface area contributed by atoms with Gasteiger partial charge in [0, 0.05) is 12.6 Å². The van der Waals surface area contributed by atoms with Crippen molar-refractivity contribution < 1.29 is 27.3 Å². The van der Waals surface area contributed by atoms with Crippen molar-refractivity contribution in [2.75, 3.05) is 17.1 Å². The van der Waals surface area contributed by atoms with E-state index >= 15 is 0 Å². The van der Waals surface area contributed by atoms with Crippen molar-refractivity contribution in [1.29, 1.82) is 0 Å². The Balaban J connectivity index is 1.99. The minimum Gasteiger partial charge on any atom is -0.465 e. The van der Waals surface area contributed by atoms with Crippen LogP contribution in [0.2, 0.25) is 0 Å². The number of nitrogens with zero attached hydrogens (tertiary/aromatic N) is 1.